The van der Waals surface area contributed by atoms with Crippen LogP contribution >= 0.6 is 0 Å². The van der Waals surface area contributed by atoms with Crippen molar-refractivity contribution in [3.8, 4) is 11.1 Å². The predicted octanol–water partition coefficient (Wildman–Crippen LogP) is 4.64. The monoisotopic (exact) mass is 469 g/mol. The van der Waals surface area contributed by atoms with Gasteiger partial charge >= 0.3 is 18.0 Å². The first-order chi connectivity index (χ1) is 15.7. The molecule has 0 saturated heterocycles. The van der Waals surface area contributed by atoms with Crippen molar-refractivity contribution in [3.05, 3.63) is 59.7 Å². The Morgan fingerprint density at radius 1 is 0.970 bits per heavy atom. The molecule has 0 aliphatic heterocycles. The van der Waals surface area contributed by atoms with E-state index < -0.39 is 32.1 Å². The minimum absolute atomic E-state index is 0.0642. The van der Waals surface area contributed by atoms with Crippen LogP contribution < -0.4 is 5.32 Å². The number of carboxylic acid groups (broad SMARTS) is 1. The second kappa shape index (κ2) is 10.7. The highest BCUT2D eigenvalue weighted by Gasteiger charge is 2.30. The van der Waals surface area contributed by atoms with Crippen LogP contribution in [0.1, 0.15) is 29.9 Å². The molecular formula is C25H31NO6Si. The molecule has 1 amide bonds. The summed E-state index contributed by atoms with van der Waals surface area (Å²) < 4.78 is 10.6. The summed E-state index contributed by atoms with van der Waals surface area (Å²) in [5, 5.41) is 11.8. The molecule has 2 N–H and O–H groups in total. The van der Waals surface area contributed by atoms with Crippen LogP contribution in [0.5, 0.6) is 0 Å². The molecular weight excluding hydrogens is 438 g/mol. The summed E-state index contributed by atoms with van der Waals surface area (Å²) in [5.41, 5.74) is 4.36. The van der Waals surface area contributed by atoms with Crippen LogP contribution in [-0.4, -0.2) is 50.5 Å². The maximum atomic E-state index is 12.4. The second-order valence-corrected chi connectivity index (χ2v) is 15.1. The van der Waals surface area contributed by atoms with Crippen molar-refractivity contribution >= 4 is 26.1 Å². The SMILES string of the molecule is C[Si](C)(C)CCOC(=O)CC[C@H](NC(=O)OCC1c2ccccc2-c2ccccc21)C(=O)O. The van der Waals surface area contributed by atoms with Crippen LogP contribution in [0.15, 0.2) is 48.5 Å². The Kier molecular flexibility index (Phi) is 7.91. The Labute approximate surface area is 195 Å². The number of amides is 1. The number of benzene rings is 2. The normalized spacial score (nSPS) is 13.5. The molecule has 0 saturated carbocycles. The fraction of sp³-hybridized carbons (Fsp3) is 0.400. The average molecular weight is 470 g/mol. The number of hydrogen-bond donors (Lipinski definition) is 2. The zero-order valence-corrected chi connectivity index (χ0v) is 20.3. The molecule has 0 radical (unpaired) electrons. The van der Waals surface area contributed by atoms with E-state index in [1.807, 2.05) is 48.5 Å². The topological polar surface area (TPSA) is 102 Å². The molecule has 0 spiro atoms. The van der Waals surface area contributed by atoms with Crippen molar-refractivity contribution < 1.29 is 29.0 Å². The highest BCUT2D eigenvalue weighted by atomic mass is 28.3. The van der Waals surface area contributed by atoms with Gasteiger partial charge in [-0.3, -0.25) is 4.79 Å². The second-order valence-electron chi connectivity index (χ2n) is 9.43. The lowest BCUT2D eigenvalue weighted by Crippen LogP contribution is -2.41. The number of carboxylic acids is 1. The highest BCUT2D eigenvalue weighted by molar-refractivity contribution is 6.76. The van der Waals surface area contributed by atoms with Gasteiger partial charge in [-0.25, -0.2) is 9.59 Å². The molecule has 0 bridgehead atoms. The number of ether oxygens (including phenoxy) is 2. The fourth-order valence-electron chi connectivity index (χ4n) is 3.85. The van der Waals surface area contributed by atoms with Gasteiger partial charge in [-0.15, -0.1) is 0 Å². The van der Waals surface area contributed by atoms with E-state index in [-0.39, 0.29) is 25.4 Å². The van der Waals surface area contributed by atoms with Gasteiger partial charge in [0.1, 0.15) is 12.6 Å². The molecule has 1 atom stereocenters. The number of nitrogens with one attached hydrogen (secondary N) is 1. The van der Waals surface area contributed by atoms with E-state index in [9.17, 15) is 19.5 Å². The van der Waals surface area contributed by atoms with Crippen LogP contribution in [0.4, 0.5) is 4.79 Å². The zero-order valence-electron chi connectivity index (χ0n) is 19.3. The summed E-state index contributed by atoms with van der Waals surface area (Å²) in [5.74, 6) is -1.81. The number of carbonyl (C=O) groups excluding carboxylic acids is 2. The molecule has 0 fully saturated rings. The van der Waals surface area contributed by atoms with Gasteiger partial charge in [-0.05, 0) is 34.7 Å². The number of aliphatic carboxylic acids is 1. The van der Waals surface area contributed by atoms with Crippen molar-refractivity contribution in [3.63, 3.8) is 0 Å². The Morgan fingerprint density at radius 2 is 1.55 bits per heavy atom. The largest absolute Gasteiger partial charge is 0.480 e. The van der Waals surface area contributed by atoms with Crippen molar-refractivity contribution in [1.29, 1.82) is 0 Å². The van der Waals surface area contributed by atoms with Gasteiger partial charge in [-0.2, -0.15) is 0 Å². The van der Waals surface area contributed by atoms with Gasteiger partial charge in [0.15, 0.2) is 0 Å². The van der Waals surface area contributed by atoms with Gasteiger partial charge in [0.2, 0.25) is 0 Å². The lowest BCUT2D eigenvalue weighted by atomic mass is 9.98. The summed E-state index contributed by atoms with van der Waals surface area (Å²) in [6, 6.07) is 15.5. The van der Waals surface area contributed by atoms with E-state index in [2.05, 4.69) is 25.0 Å². The first-order valence-electron chi connectivity index (χ1n) is 11.2. The zero-order chi connectivity index (χ0) is 24.0. The number of rotatable bonds is 10. The third-order valence-corrected chi connectivity index (χ3v) is 7.39. The van der Waals surface area contributed by atoms with E-state index in [0.717, 1.165) is 28.3 Å². The van der Waals surface area contributed by atoms with Gasteiger partial charge in [0.05, 0.1) is 6.61 Å². The first-order valence-corrected chi connectivity index (χ1v) is 14.9. The highest BCUT2D eigenvalue weighted by Crippen LogP contribution is 2.44. The van der Waals surface area contributed by atoms with Crippen LogP contribution in [0, 0.1) is 0 Å². The van der Waals surface area contributed by atoms with Crippen LogP contribution in [-0.2, 0) is 19.1 Å². The molecule has 3 rings (SSSR count). The molecule has 8 heteroatoms. The van der Waals surface area contributed by atoms with Gasteiger partial charge in [0, 0.05) is 20.4 Å². The standard InChI is InChI=1S/C25H31NO6Si/c1-33(2,3)15-14-31-23(27)13-12-22(24(28)29)26-25(30)32-16-21-19-10-6-4-8-17(19)18-9-5-7-11-20(18)21/h4-11,21-22H,12-16H2,1-3H3,(H,26,30)(H,28,29)/t22-/m0/s1. The van der Waals surface area contributed by atoms with Crippen LogP contribution in [0.25, 0.3) is 11.1 Å². The van der Waals surface area contributed by atoms with Gasteiger partial charge in [0.25, 0.3) is 0 Å². The lowest BCUT2D eigenvalue weighted by Gasteiger charge is -2.18. The Balaban J connectivity index is 1.52. The maximum absolute atomic E-state index is 12.4. The number of carbonyl (C=O) groups is 3. The van der Waals surface area contributed by atoms with Crippen LogP contribution in [0.3, 0.4) is 0 Å². The fourth-order valence-corrected chi connectivity index (χ4v) is 4.56. The molecule has 0 aromatic heterocycles. The Bertz CT molecular complexity index is 970. The third-order valence-electron chi connectivity index (χ3n) is 5.69. The summed E-state index contributed by atoms with van der Waals surface area (Å²) in [6.07, 6.45) is -0.978. The van der Waals surface area contributed by atoms with Crippen LogP contribution in [0.2, 0.25) is 25.7 Å². The van der Waals surface area contributed by atoms with Gasteiger partial charge < -0.3 is 19.9 Å². The van der Waals surface area contributed by atoms with Crippen molar-refractivity contribution in [2.45, 2.75) is 50.5 Å². The molecule has 2 aromatic rings. The van der Waals surface area contributed by atoms with E-state index in [1.54, 1.807) is 0 Å². The van der Waals surface area contributed by atoms with Crippen molar-refractivity contribution in [1.82, 2.24) is 5.32 Å². The molecule has 176 valence electrons. The summed E-state index contributed by atoms with van der Waals surface area (Å²) >= 11 is 0. The number of hydrogen-bond acceptors (Lipinski definition) is 5. The predicted molar refractivity (Wildman–Crippen MR) is 128 cm³/mol. The minimum Gasteiger partial charge on any atom is -0.480 e. The van der Waals surface area contributed by atoms with E-state index in [0.29, 0.717) is 6.61 Å². The van der Waals surface area contributed by atoms with E-state index in [1.165, 1.54) is 0 Å². The summed E-state index contributed by atoms with van der Waals surface area (Å²) in [6.45, 7) is 6.97. The van der Waals surface area contributed by atoms with Gasteiger partial charge in [-0.1, -0.05) is 68.2 Å². The van der Waals surface area contributed by atoms with Crippen molar-refractivity contribution in [2.24, 2.45) is 0 Å². The molecule has 1 aliphatic carbocycles. The molecule has 7 nitrogen and oxygen atoms in total. The number of fused-ring (bicyclic) bond motifs is 3. The van der Waals surface area contributed by atoms with E-state index >= 15 is 0 Å². The molecule has 2 aromatic carbocycles. The third kappa shape index (κ3) is 6.68. The molecule has 0 unspecified atom stereocenters. The number of alkyl carbamates (subject to hydrolysis) is 1. The smallest absolute Gasteiger partial charge is 0.407 e. The molecule has 1 aliphatic rings. The first kappa shape index (κ1) is 24.5. The summed E-state index contributed by atoms with van der Waals surface area (Å²) in [7, 11) is -1.32. The average Bonchev–Trinajstić information content (AvgIpc) is 3.08. The molecule has 33 heavy (non-hydrogen) atoms. The quantitative estimate of drug-likeness (QED) is 0.388. The minimum atomic E-state index is -1.32. The Morgan fingerprint density at radius 3 is 2.09 bits per heavy atom. The van der Waals surface area contributed by atoms with Crippen molar-refractivity contribution in [2.75, 3.05) is 13.2 Å². The Hall–Kier alpha value is -3.13. The maximum Gasteiger partial charge on any atom is 0.407 e. The number of esters is 1. The van der Waals surface area contributed by atoms with E-state index in [4.69, 9.17) is 9.47 Å². The lowest BCUT2D eigenvalue weighted by molar-refractivity contribution is -0.144. The summed E-state index contributed by atoms with van der Waals surface area (Å²) in [4.78, 5) is 35.9. The molecule has 0 heterocycles.